The number of nitrogens with one attached hydrogen (secondary N) is 2. The molecule has 1 amide bonds. The maximum atomic E-state index is 12.6. The second-order valence-electron chi connectivity index (χ2n) is 6.50. The number of hydrogen-bond donors (Lipinski definition) is 2. The van der Waals surface area contributed by atoms with Gasteiger partial charge in [-0.3, -0.25) is 4.79 Å². The van der Waals surface area contributed by atoms with Crippen molar-refractivity contribution in [3.05, 3.63) is 108 Å². The van der Waals surface area contributed by atoms with Crippen LogP contribution >= 0.6 is 0 Å². The summed E-state index contributed by atoms with van der Waals surface area (Å²) in [4.78, 5) is 21.1. The van der Waals surface area contributed by atoms with Crippen molar-refractivity contribution in [1.82, 2.24) is 9.97 Å². The van der Waals surface area contributed by atoms with E-state index in [2.05, 4.69) is 20.6 Å². The maximum absolute atomic E-state index is 12.6. The number of ether oxygens (including phenoxy) is 1. The zero-order valence-electron chi connectivity index (χ0n) is 16.2. The summed E-state index contributed by atoms with van der Waals surface area (Å²) in [7, 11) is 0. The lowest BCUT2D eigenvalue weighted by molar-refractivity contribution is 0.102. The fourth-order valence-electron chi connectivity index (χ4n) is 2.78. The number of anilines is 2. The van der Waals surface area contributed by atoms with Gasteiger partial charge in [0.1, 0.15) is 5.75 Å². The zero-order valence-corrected chi connectivity index (χ0v) is 16.2. The number of aromatic nitrogens is 2. The van der Waals surface area contributed by atoms with E-state index >= 15 is 0 Å². The standard InChI is InChI=1S/C24H20N4O2/c29-23(19-16-26-24(27-17-19)25-15-18-9-3-1-4-10-18)28-21-13-7-8-14-22(21)30-20-11-5-2-6-12-20/h1-14,16-17H,15H2,(H,28,29)(H,25,26,27). The normalized spacial score (nSPS) is 10.3. The number of nitrogens with zero attached hydrogens (tertiary/aromatic N) is 2. The minimum absolute atomic E-state index is 0.311. The van der Waals surface area contributed by atoms with Crippen molar-refractivity contribution in [2.75, 3.05) is 10.6 Å². The number of carbonyl (C=O) groups excluding carboxylic acids is 1. The molecule has 0 bridgehead atoms. The van der Waals surface area contributed by atoms with Gasteiger partial charge in [-0.15, -0.1) is 0 Å². The molecule has 1 aromatic heterocycles. The smallest absolute Gasteiger partial charge is 0.258 e. The number of hydrogen-bond acceptors (Lipinski definition) is 5. The number of carbonyl (C=O) groups is 1. The highest BCUT2D eigenvalue weighted by atomic mass is 16.5. The summed E-state index contributed by atoms with van der Waals surface area (Å²) in [5.74, 6) is 1.40. The van der Waals surface area contributed by atoms with Crippen LogP contribution in [0.3, 0.4) is 0 Å². The third-order valence-corrected chi connectivity index (χ3v) is 4.31. The van der Waals surface area contributed by atoms with Crippen LogP contribution in [0.15, 0.2) is 97.3 Å². The van der Waals surface area contributed by atoms with Crippen LogP contribution < -0.4 is 15.4 Å². The quantitative estimate of drug-likeness (QED) is 0.453. The van der Waals surface area contributed by atoms with Gasteiger partial charge in [-0.05, 0) is 29.8 Å². The molecule has 0 saturated carbocycles. The average molecular weight is 396 g/mol. The summed E-state index contributed by atoms with van der Waals surface area (Å²) < 4.78 is 5.88. The molecule has 0 aliphatic carbocycles. The van der Waals surface area contributed by atoms with Crippen molar-refractivity contribution in [1.29, 1.82) is 0 Å². The van der Waals surface area contributed by atoms with E-state index in [0.29, 0.717) is 35.2 Å². The van der Waals surface area contributed by atoms with Crippen molar-refractivity contribution >= 4 is 17.5 Å². The van der Waals surface area contributed by atoms with E-state index in [1.54, 1.807) is 12.1 Å². The highest BCUT2D eigenvalue weighted by molar-refractivity contribution is 6.04. The number of benzene rings is 3. The molecule has 0 unspecified atom stereocenters. The van der Waals surface area contributed by atoms with Gasteiger partial charge in [0.25, 0.3) is 5.91 Å². The largest absolute Gasteiger partial charge is 0.455 e. The Kier molecular flexibility index (Phi) is 5.96. The van der Waals surface area contributed by atoms with Gasteiger partial charge in [0, 0.05) is 18.9 Å². The first-order valence-electron chi connectivity index (χ1n) is 9.51. The Hall–Kier alpha value is -4.19. The summed E-state index contributed by atoms with van der Waals surface area (Å²) in [6, 6.07) is 26.6. The molecule has 6 heteroatoms. The summed E-state index contributed by atoms with van der Waals surface area (Å²) >= 11 is 0. The number of amides is 1. The minimum Gasteiger partial charge on any atom is -0.455 e. The summed E-state index contributed by atoms with van der Waals surface area (Å²) in [5, 5.41) is 6.00. The Morgan fingerprint density at radius 3 is 2.17 bits per heavy atom. The highest BCUT2D eigenvalue weighted by Gasteiger charge is 2.11. The molecule has 2 N–H and O–H groups in total. The van der Waals surface area contributed by atoms with Gasteiger partial charge < -0.3 is 15.4 Å². The molecule has 0 aliphatic rings. The van der Waals surface area contributed by atoms with Gasteiger partial charge in [0.2, 0.25) is 5.95 Å². The Morgan fingerprint density at radius 1 is 0.800 bits per heavy atom. The molecule has 6 nitrogen and oxygen atoms in total. The Labute approximate surface area is 174 Å². The van der Waals surface area contributed by atoms with Gasteiger partial charge in [-0.1, -0.05) is 60.7 Å². The molecule has 30 heavy (non-hydrogen) atoms. The third-order valence-electron chi connectivity index (χ3n) is 4.31. The molecule has 0 saturated heterocycles. The summed E-state index contributed by atoms with van der Waals surface area (Å²) in [6.45, 7) is 0.608. The van der Waals surface area contributed by atoms with Crippen LogP contribution in [0.1, 0.15) is 15.9 Å². The lowest BCUT2D eigenvalue weighted by Gasteiger charge is -2.12. The fourth-order valence-corrected chi connectivity index (χ4v) is 2.78. The minimum atomic E-state index is -0.311. The lowest BCUT2D eigenvalue weighted by Crippen LogP contribution is -2.14. The van der Waals surface area contributed by atoms with Gasteiger partial charge in [0.05, 0.1) is 11.3 Å². The molecule has 0 spiro atoms. The predicted octanol–water partition coefficient (Wildman–Crippen LogP) is 5.13. The highest BCUT2D eigenvalue weighted by Crippen LogP contribution is 2.29. The Bertz CT molecular complexity index is 1100. The van der Waals surface area contributed by atoms with Crippen LogP contribution in [0.5, 0.6) is 11.5 Å². The van der Waals surface area contributed by atoms with Crippen LogP contribution in [0, 0.1) is 0 Å². The first kappa shape index (κ1) is 19.1. The molecule has 0 aliphatic heterocycles. The van der Waals surface area contributed by atoms with Crippen molar-refractivity contribution in [3.8, 4) is 11.5 Å². The van der Waals surface area contributed by atoms with E-state index in [4.69, 9.17) is 4.74 Å². The van der Waals surface area contributed by atoms with Crippen LogP contribution in [-0.2, 0) is 6.54 Å². The Balaban J connectivity index is 1.40. The van der Waals surface area contributed by atoms with Crippen molar-refractivity contribution in [3.63, 3.8) is 0 Å². The lowest BCUT2D eigenvalue weighted by atomic mass is 10.2. The molecule has 3 aromatic carbocycles. The molecule has 4 aromatic rings. The number of rotatable bonds is 7. The molecule has 0 atom stereocenters. The van der Waals surface area contributed by atoms with Crippen LogP contribution in [0.4, 0.5) is 11.6 Å². The van der Waals surface area contributed by atoms with E-state index in [-0.39, 0.29) is 5.91 Å². The predicted molar refractivity (Wildman–Crippen MR) is 117 cm³/mol. The average Bonchev–Trinajstić information content (AvgIpc) is 2.81. The SMILES string of the molecule is O=C(Nc1ccccc1Oc1ccccc1)c1cnc(NCc2ccccc2)nc1. The van der Waals surface area contributed by atoms with E-state index < -0.39 is 0 Å². The van der Waals surface area contributed by atoms with E-state index in [1.165, 1.54) is 12.4 Å². The molecule has 1 heterocycles. The summed E-state index contributed by atoms with van der Waals surface area (Å²) in [6.07, 6.45) is 2.99. The molecular weight excluding hydrogens is 376 g/mol. The molecule has 4 rings (SSSR count). The molecular formula is C24H20N4O2. The molecule has 0 radical (unpaired) electrons. The second kappa shape index (κ2) is 9.34. The molecule has 0 fully saturated rings. The topological polar surface area (TPSA) is 76.1 Å². The van der Waals surface area contributed by atoms with Crippen molar-refractivity contribution < 1.29 is 9.53 Å². The second-order valence-corrected chi connectivity index (χ2v) is 6.50. The van der Waals surface area contributed by atoms with Crippen LogP contribution in [-0.4, -0.2) is 15.9 Å². The van der Waals surface area contributed by atoms with Gasteiger partial charge in [-0.2, -0.15) is 0 Å². The van der Waals surface area contributed by atoms with Crippen LogP contribution in [0.2, 0.25) is 0 Å². The maximum Gasteiger partial charge on any atom is 0.258 e. The monoisotopic (exact) mass is 396 g/mol. The first-order chi connectivity index (χ1) is 14.8. The van der Waals surface area contributed by atoms with Gasteiger partial charge in [-0.25, -0.2) is 9.97 Å². The van der Waals surface area contributed by atoms with Crippen molar-refractivity contribution in [2.45, 2.75) is 6.54 Å². The number of para-hydroxylation sites is 3. The summed E-state index contributed by atoms with van der Waals surface area (Å²) in [5.41, 5.74) is 2.05. The van der Waals surface area contributed by atoms with Crippen LogP contribution in [0.25, 0.3) is 0 Å². The zero-order chi connectivity index (χ0) is 20.6. The van der Waals surface area contributed by atoms with Gasteiger partial charge in [0.15, 0.2) is 5.75 Å². The van der Waals surface area contributed by atoms with E-state index in [1.807, 2.05) is 72.8 Å². The Morgan fingerprint density at radius 2 is 1.43 bits per heavy atom. The van der Waals surface area contributed by atoms with E-state index in [0.717, 1.165) is 5.56 Å². The van der Waals surface area contributed by atoms with Crippen molar-refractivity contribution in [2.24, 2.45) is 0 Å². The van der Waals surface area contributed by atoms with E-state index in [9.17, 15) is 4.79 Å². The first-order valence-corrected chi connectivity index (χ1v) is 9.51. The van der Waals surface area contributed by atoms with Gasteiger partial charge >= 0.3 is 0 Å². The third kappa shape index (κ3) is 4.99. The fraction of sp³-hybridized carbons (Fsp3) is 0.0417. The molecule has 148 valence electrons.